The van der Waals surface area contributed by atoms with Crippen LogP contribution in [0.4, 0.5) is 0 Å². The maximum absolute atomic E-state index is 11.3. The molecule has 0 unspecified atom stereocenters. The van der Waals surface area contributed by atoms with Gasteiger partial charge >= 0.3 is 5.69 Å². The Morgan fingerprint density at radius 3 is 2.88 bits per heavy atom. The molecule has 1 heterocycles. The van der Waals surface area contributed by atoms with Crippen molar-refractivity contribution in [1.29, 1.82) is 0 Å². The molecular weight excluding hydrogens is 327 g/mol. The molecule has 0 saturated heterocycles. The maximum Gasteiger partial charge on any atom is 0.330 e. The van der Waals surface area contributed by atoms with E-state index in [1.807, 2.05) is 29.5 Å². The van der Waals surface area contributed by atoms with Gasteiger partial charge in [-0.3, -0.25) is 14.3 Å². The number of ether oxygens (including phenoxy) is 1. The van der Waals surface area contributed by atoms with E-state index in [2.05, 4.69) is 4.98 Å². The fraction of sp³-hybridized carbons (Fsp3) is 0.556. The Labute approximate surface area is 105 Å². The number of rotatable bonds is 5. The number of hydrogen-bond donors (Lipinski definition) is 2. The molecule has 6 nitrogen and oxygen atoms in total. The minimum atomic E-state index is -0.516. The molecule has 1 rings (SSSR count). The summed E-state index contributed by atoms with van der Waals surface area (Å²) in [6, 6.07) is 0. The van der Waals surface area contributed by atoms with Gasteiger partial charge in [-0.05, 0) is 29.0 Å². The molecule has 0 fully saturated rings. The summed E-state index contributed by atoms with van der Waals surface area (Å²) in [5, 5.41) is 8.90. The van der Waals surface area contributed by atoms with Crippen molar-refractivity contribution < 1.29 is 9.84 Å². The summed E-state index contributed by atoms with van der Waals surface area (Å²) < 4.78 is 6.96. The fourth-order valence-electron chi connectivity index (χ4n) is 1.06. The number of hydrogen-bond acceptors (Lipinski definition) is 4. The molecule has 0 bridgehead atoms. The average molecular weight is 340 g/mol. The molecule has 0 aliphatic rings. The quantitative estimate of drug-likeness (QED) is 0.733. The van der Waals surface area contributed by atoms with Crippen molar-refractivity contribution in [2.24, 2.45) is 0 Å². The van der Waals surface area contributed by atoms with Crippen LogP contribution in [-0.4, -0.2) is 27.4 Å². The SMILES string of the molecule is CC[C@@H](CO)OCn1cc(I)c(=O)[nH]c1=O. The van der Waals surface area contributed by atoms with Gasteiger partial charge in [-0.15, -0.1) is 0 Å². The fourth-order valence-corrected chi connectivity index (χ4v) is 1.54. The normalized spacial score (nSPS) is 12.7. The van der Waals surface area contributed by atoms with Crippen molar-refractivity contribution in [1.82, 2.24) is 9.55 Å². The van der Waals surface area contributed by atoms with Gasteiger partial charge < -0.3 is 9.84 Å². The monoisotopic (exact) mass is 340 g/mol. The first kappa shape index (κ1) is 13.4. The molecule has 0 spiro atoms. The van der Waals surface area contributed by atoms with Gasteiger partial charge in [0.15, 0.2) is 0 Å². The number of aliphatic hydroxyl groups is 1. The lowest BCUT2D eigenvalue weighted by molar-refractivity contribution is -0.0269. The third-order valence-electron chi connectivity index (χ3n) is 2.08. The number of aliphatic hydroxyl groups excluding tert-OH is 1. The molecule has 0 amide bonds. The smallest absolute Gasteiger partial charge is 0.330 e. The minimum Gasteiger partial charge on any atom is -0.394 e. The average Bonchev–Trinajstić information content (AvgIpc) is 2.26. The topological polar surface area (TPSA) is 84.3 Å². The highest BCUT2D eigenvalue weighted by Gasteiger charge is 2.06. The summed E-state index contributed by atoms with van der Waals surface area (Å²) in [7, 11) is 0. The van der Waals surface area contributed by atoms with Gasteiger partial charge in [0, 0.05) is 6.20 Å². The van der Waals surface area contributed by atoms with E-state index in [4.69, 9.17) is 9.84 Å². The van der Waals surface area contributed by atoms with Gasteiger partial charge in [-0.25, -0.2) is 4.79 Å². The van der Waals surface area contributed by atoms with Gasteiger partial charge in [0.1, 0.15) is 6.73 Å². The molecule has 1 atom stereocenters. The summed E-state index contributed by atoms with van der Waals surface area (Å²) in [6.07, 6.45) is 1.79. The van der Waals surface area contributed by atoms with Gasteiger partial charge in [0.2, 0.25) is 0 Å². The van der Waals surface area contributed by atoms with Crippen molar-refractivity contribution in [3.63, 3.8) is 0 Å². The maximum atomic E-state index is 11.3. The highest BCUT2D eigenvalue weighted by molar-refractivity contribution is 14.1. The standard InChI is InChI=1S/C9H13IN2O4/c1-2-6(4-13)16-5-12-3-7(10)8(14)11-9(12)15/h3,6,13H,2,4-5H2,1H3,(H,11,14,15)/t6-/m0/s1. The van der Waals surface area contributed by atoms with Gasteiger partial charge in [0.05, 0.1) is 16.3 Å². The van der Waals surface area contributed by atoms with Crippen molar-refractivity contribution in [3.05, 3.63) is 30.6 Å². The van der Waals surface area contributed by atoms with Gasteiger partial charge in [-0.1, -0.05) is 6.92 Å². The highest BCUT2D eigenvalue weighted by atomic mass is 127. The second-order valence-corrected chi connectivity index (χ2v) is 4.38. The predicted molar refractivity (Wildman–Crippen MR) is 66.3 cm³/mol. The molecule has 1 aromatic rings. The van der Waals surface area contributed by atoms with E-state index in [9.17, 15) is 9.59 Å². The summed E-state index contributed by atoms with van der Waals surface area (Å²) in [6.45, 7) is 1.80. The van der Waals surface area contributed by atoms with Crippen LogP contribution in [-0.2, 0) is 11.5 Å². The Morgan fingerprint density at radius 2 is 2.31 bits per heavy atom. The Kier molecular flexibility index (Phi) is 5.16. The first-order valence-electron chi connectivity index (χ1n) is 4.80. The molecule has 16 heavy (non-hydrogen) atoms. The lowest BCUT2D eigenvalue weighted by Crippen LogP contribution is -2.33. The third-order valence-corrected chi connectivity index (χ3v) is 2.84. The Balaban J connectivity index is 2.78. The zero-order chi connectivity index (χ0) is 12.1. The number of nitrogens with one attached hydrogen (secondary N) is 1. The highest BCUT2D eigenvalue weighted by Crippen LogP contribution is 1.99. The first-order chi connectivity index (χ1) is 7.58. The van der Waals surface area contributed by atoms with Crippen molar-refractivity contribution in [2.45, 2.75) is 26.2 Å². The molecular formula is C9H13IN2O4. The van der Waals surface area contributed by atoms with Crippen molar-refractivity contribution in [2.75, 3.05) is 6.61 Å². The van der Waals surface area contributed by atoms with Crippen LogP contribution >= 0.6 is 22.6 Å². The summed E-state index contributed by atoms with van der Waals surface area (Å²) >= 11 is 1.83. The third kappa shape index (κ3) is 3.42. The molecule has 0 saturated carbocycles. The Hall–Kier alpha value is -0.670. The molecule has 0 aliphatic heterocycles. The molecule has 90 valence electrons. The van der Waals surface area contributed by atoms with Gasteiger partial charge in [0.25, 0.3) is 5.56 Å². The van der Waals surface area contributed by atoms with Crippen LogP contribution < -0.4 is 11.2 Å². The molecule has 0 aromatic carbocycles. The van der Waals surface area contributed by atoms with E-state index in [1.54, 1.807) is 0 Å². The number of aromatic amines is 1. The molecule has 0 aliphatic carbocycles. The van der Waals surface area contributed by atoms with Crippen LogP contribution in [0.15, 0.2) is 15.8 Å². The Morgan fingerprint density at radius 1 is 1.62 bits per heavy atom. The number of halogens is 1. The van der Waals surface area contributed by atoms with Crippen LogP contribution in [0, 0.1) is 3.57 Å². The van der Waals surface area contributed by atoms with Crippen LogP contribution in [0.25, 0.3) is 0 Å². The second kappa shape index (κ2) is 6.16. The van der Waals surface area contributed by atoms with E-state index in [-0.39, 0.29) is 19.4 Å². The second-order valence-electron chi connectivity index (χ2n) is 3.21. The largest absolute Gasteiger partial charge is 0.394 e. The number of aromatic nitrogens is 2. The zero-order valence-corrected chi connectivity index (χ0v) is 10.9. The summed E-state index contributed by atoms with van der Waals surface area (Å²) in [5.41, 5.74) is -0.922. The lowest BCUT2D eigenvalue weighted by atomic mass is 10.3. The number of H-pyrrole nitrogens is 1. The van der Waals surface area contributed by atoms with Crippen molar-refractivity contribution in [3.8, 4) is 0 Å². The molecule has 1 aromatic heterocycles. The van der Waals surface area contributed by atoms with E-state index >= 15 is 0 Å². The van der Waals surface area contributed by atoms with E-state index < -0.39 is 11.2 Å². The summed E-state index contributed by atoms with van der Waals surface area (Å²) in [5.74, 6) is 0. The molecule has 0 radical (unpaired) electrons. The first-order valence-corrected chi connectivity index (χ1v) is 5.88. The lowest BCUT2D eigenvalue weighted by Gasteiger charge is -2.13. The van der Waals surface area contributed by atoms with Crippen LogP contribution in [0.5, 0.6) is 0 Å². The zero-order valence-electron chi connectivity index (χ0n) is 8.77. The van der Waals surface area contributed by atoms with E-state index in [0.717, 1.165) is 0 Å². The molecule has 2 N–H and O–H groups in total. The van der Waals surface area contributed by atoms with Crippen molar-refractivity contribution >= 4 is 22.6 Å². The van der Waals surface area contributed by atoms with E-state index in [0.29, 0.717) is 9.99 Å². The Bertz CT molecular complexity index is 450. The van der Waals surface area contributed by atoms with E-state index in [1.165, 1.54) is 10.8 Å². The predicted octanol–water partition coefficient (Wildman–Crippen LogP) is -0.114. The van der Waals surface area contributed by atoms with Crippen LogP contribution in [0.1, 0.15) is 13.3 Å². The summed E-state index contributed by atoms with van der Waals surface area (Å²) in [4.78, 5) is 24.6. The van der Waals surface area contributed by atoms with Gasteiger partial charge in [-0.2, -0.15) is 0 Å². The minimum absolute atomic E-state index is 0.0185. The van der Waals surface area contributed by atoms with Crippen LogP contribution in [0.3, 0.4) is 0 Å². The number of nitrogens with zero attached hydrogens (tertiary/aromatic N) is 1. The van der Waals surface area contributed by atoms with Crippen LogP contribution in [0.2, 0.25) is 0 Å². The molecule has 7 heteroatoms.